The fourth-order valence-corrected chi connectivity index (χ4v) is 2.20. The number of halogens is 2. The molecule has 3 nitrogen and oxygen atoms in total. The standard InChI is InChI=1S/C13H9BrFN3/c14-7-1-4-11-12(5-7)18-13(17-11)9-6-8(15)2-3-10(9)16/h1-6H,16H2,(H,17,18). The number of nitrogens with two attached hydrogens (primary N) is 1. The number of nitrogen functional groups attached to an aromatic ring is 1. The van der Waals surface area contributed by atoms with Gasteiger partial charge < -0.3 is 10.7 Å². The minimum absolute atomic E-state index is 0.333. The number of aromatic amines is 1. The normalized spacial score (nSPS) is 11.0. The molecule has 0 unspecified atom stereocenters. The zero-order chi connectivity index (χ0) is 12.7. The molecule has 3 rings (SSSR count). The van der Waals surface area contributed by atoms with Crippen LogP contribution >= 0.6 is 15.9 Å². The van der Waals surface area contributed by atoms with Crippen LogP contribution in [0.15, 0.2) is 40.9 Å². The van der Waals surface area contributed by atoms with Crippen molar-refractivity contribution in [1.29, 1.82) is 0 Å². The maximum Gasteiger partial charge on any atom is 0.140 e. The van der Waals surface area contributed by atoms with E-state index in [1.54, 1.807) is 0 Å². The third-order valence-electron chi connectivity index (χ3n) is 2.71. The summed E-state index contributed by atoms with van der Waals surface area (Å²) >= 11 is 3.39. The lowest BCUT2D eigenvalue weighted by molar-refractivity contribution is 0.628. The first-order chi connectivity index (χ1) is 8.63. The van der Waals surface area contributed by atoms with Crippen LogP contribution in [0.3, 0.4) is 0 Å². The second-order valence-electron chi connectivity index (χ2n) is 3.98. The van der Waals surface area contributed by atoms with Crippen LogP contribution in [-0.2, 0) is 0 Å². The number of aromatic nitrogens is 2. The minimum Gasteiger partial charge on any atom is -0.398 e. The summed E-state index contributed by atoms with van der Waals surface area (Å²) in [4.78, 5) is 7.54. The number of imidazole rings is 1. The van der Waals surface area contributed by atoms with Gasteiger partial charge in [0.25, 0.3) is 0 Å². The number of nitrogens with zero attached hydrogens (tertiary/aromatic N) is 1. The highest BCUT2D eigenvalue weighted by Gasteiger charge is 2.09. The van der Waals surface area contributed by atoms with Gasteiger partial charge in [-0.05, 0) is 36.4 Å². The Morgan fingerprint density at radius 1 is 1.17 bits per heavy atom. The maximum absolute atomic E-state index is 13.2. The van der Waals surface area contributed by atoms with Gasteiger partial charge in [0, 0.05) is 15.7 Å². The molecule has 0 aliphatic rings. The van der Waals surface area contributed by atoms with Gasteiger partial charge >= 0.3 is 0 Å². The third kappa shape index (κ3) is 1.86. The molecule has 1 heterocycles. The first-order valence-corrected chi connectivity index (χ1v) is 6.13. The van der Waals surface area contributed by atoms with Crippen molar-refractivity contribution in [2.75, 3.05) is 5.73 Å². The molecule has 0 aliphatic heterocycles. The van der Waals surface area contributed by atoms with Crippen molar-refractivity contribution in [3.63, 3.8) is 0 Å². The quantitative estimate of drug-likeness (QED) is 0.673. The number of hydrogen-bond acceptors (Lipinski definition) is 2. The summed E-state index contributed by atoms with van der Waals surface area (Å²) < 4.78 is 14.2. The molecule has 2 aromatic carbocycles. The van der Waals surface area contributed by atoms with Gasteiger partial charge in [0.15, 0.2) is 0 Å². The second-order valence-corrected chi connectivity index (χ2v) is 4.89. The monoisotopic (exact) mass is 305 g/mol. The summed E-state index contributed by atoms with van der Waals surface area (Å²) in [6.07, 6.45) is 0. The smallest absolute Gasteiger partial charge is 0.140 e. The van der Waals surface area contributed by atoms with E-state index in [1.807, 2.05) is 18.2 Å². The van der Waals surface area contributed by atoms with Gasteiger partial charge in [0.1, 0.15) is 11.6 Å². The first kappa shape index (κ1) is 11.2. The zero-order valence-electron chi connectivity index (χ0n) is 9.24. The van der Waals surface area contributed by atoms with E-state index in [1.165, 1.54) is 18.2 Å². The van der Waals surface area contributed by atoms with E-state index in [0.717, 1.165) is 15.5 Å². The summed E-state index contributed by atoms with van der Waals surface area (Å²) in [6, 6.07) is 9.95. The summed E-state index contributed by atoms with van der Waals surface area (Å²) in [5.74, 6) is 0.237. The van der Waals surface area contributed by atoms with E-state index in [2.05, 4.69) is 25.9 Å². The second kappa shape index (κ2) is 4.10. The van der Waals surface area contributed by atoms with Gasteiger partial charge in [0.2, 0.25) is 0 Å². The Bertz CT molecular complexity index is 736. The Balaban J connectivity index is 2.22. The molecule has 0 saturated carbocycles. The van der Waals surface area contributed by atoms with Crippen molar-refractivity contribution >= 4 is 32.7 Å². The molecule has 0 aliphatic carbocycles. The van der Waals surface area contributed by atoms with Crippen molar-refractivity contribution in [1.82, 2.24) is 9.97 Å². The number of fused-ring (bicyclic) bond motifs is 1. The molecule has 0 saturated heterocycles. The fraction of sp³-hybridized carbons (Fsp3) is 0. The summed E-state index contributed by atoms with van der Waals surface area (Å²) in [6.45, 7) is 0. The molecule has 3 N–H and O–H groups in total. The highest BCUT2D eigenvalue weighted by atomic mass is 79.9. The van der Waals surface area contributed by atoms with Crippen LogP contribution in [0.1, 0.15) is 0 Å². The zero-order valence-corrected chi connectivity index (χ0v) is 10.8. The lowest BCUT2D eigenvalue weighted by Crippen LogP contribution is -1.92. The van der Waals surface area contributed by atoms with Crippen molar-refractivity contribution in [3.05, 3.63) is 46.7 Å². The fourth-order valence-electron chi connectivity index (χ4n) is 1.84. The Morgan fingerprint density at radius 2 is 2.00 bits per heavy atom. The predicted molar refractivity (Wildman–Crippen MR) is 73.6 cm³/mol. The Hall–Kier alpha value is -1.88. The summed E-state index contributed by atoms with van der Waals surface area (Å²) in [5.41, 5.74) is 8.60. The number of hydrogen-bond donors (Lipinski definition) is 2. The lowest BCUT2D eigenvalue weighted by atomic mass is 10.1. The van der Waals surface area contributed by atoms with Gasteiger partial charge in [-0.1, -0.05) is 15.9 Å². The van der Waals surface area contributed by atoms with E-state index in [0.29, 0.717) is 17.1 Å². The molecular formula is C13H9BrFN3. The summed E-state index contributed by atoms with van der Waals surface area (Å²) in [7, 11) is 0. The number of benzene rings is 2. The largest absolute Gasteiger partial charge is 0.398 e. The highest BCUT2D eigenvalue weighted by molar-refractivity contribution is 9.10. The molecule has 0 fully saturated rings. The maximum atomic E-state index is 13.2. The van der Waals surface area contributed by atoms with Crippen LogP contribution in [0.25, 0.3) is 22.4 Å². The van der Waals surface area contributed by atoms with Crippen molar-refractivity contribution < 1.29 is 4.39 Å². The molecule has 90 valence electrons. The van der Waals surface area contributed by atoms with Crippen molar-refractivity contribution in [2.45, 2.75) is 0 Å². The van der Waals surface area contributed by atoms with Gasteiger partial charge in [0.05, 0.1) is 11.0 Å². The lowest BCUT2D eigenvalue weighted by Gasteiger charge is -2.01. The minimum atomic E-state index is -0.333. The Kier molecular flexibility index (Phi) is 2.56. The predicted octanol–water partition coefficient (Wildman–Crippen LogP) is 3.71. The van der Waals surface area contributed by atoms with Gasteiger partial charge in [-0.15, -0.1) is 0 Å². The van der Waals surface area contributed by atoms with Crippen LogP contribution in [0.2, 0.25) is 0 Å². The van der Waals surface area contributed by atoms with Crippen LogP contribution in [0.4, 0.5) is 10.1 Å². The van der Waals surface area contributed by atoms with Crippen LogP contribution in [0.5, 0.6) is 0 Å². The SMILES string of the molecule is Nc1ccc(F)cc1-c1nc2ccc(Br)cc2[nH]1. The number of rotatable bonds is 1. The van der Waals surface area contributed by atoms with E-state index < -0.39 is 0 Å². The van der Waals surface area contributed by atoms with Crippen molar-refractivity contribution in [3.8, 4) is 11.4 Å². The molecule has 3 aromatic rings. The number of anilines is 1. The third-order valence-corrected chi connectivity index (χ3v) is 3.21. The molecule has 0 amide bonds. The van der Waals surface area contributed by atoms with Gasteiger partial charge in [-0.3, -0.25) is 0 Å². The molecule has 5 heteroatoms. The first-order valence-electron chi connectivity index (χ1n) is 5.34. The van der Waals surface area contributed by atoms with Crippen LogP contribution < -0.4 is 5.73 Å². The Morgan fingerprint density at radius 3 is 2.83 bits per heavy atom. The topological polar surface area (TPSA) is 54.7 Å². The van der Waals surface area contributed by atoms with E-state index >= 15 is 0 Å². The molecule has 0 atom stereocenters. The summed E-state index contributed by atoms with van der Waals surface area (Å²) in [5, 5.41) is 0. The van der Waals surface area contributed by atoms with E-state index in [4.69, 9.17) is 5.73 Å². The molecule has 0 spiro atoms. The van der Waals surface area contributed by atoms with Gasteiger partial charge in [-0.25, -0.2) is 9.37 Å². The van der Waals surface area contributed by atoms with E-state index in [9.17, 15) is 4.39 Å². The molecule has 0 radical (unpaired) electrons. The highest BCUT2D eigenvalue weighted by Crippen LogP contribution is 2.27. The van der Waals surface area contributed by atoms with Gasteiger partial charge in [-0.2, -0.15) is 0 Å². The van der Waals surface area contributed by atoms with Crippen molar-refractivity contribution in [2.24, 2.45) is 0 Å². The molecular weight excluding hydrogens is 297 g/mol. The molecule has 1 aromatic heterocycles. The average Bonchev–Trinajstić information content (AvgIpc) is 2.74. The number of H-pyrrole nitrogens is 1. The molecule has 0 bridgehead atoms. The van der Waals surface area contributed by atoms with Crippen LogP contribution in [0, 0.1) is 5.82 Å². The molecule has 18 heavy (non-hydrogen) atoms. The average molecular weight is 306 g/mol. The number of nitrogens with one attached hydrogen (secondary N) is 1. The van der Waals surface area contributed by atoms with E-state index in [-0.39, 0.29) is 5.82 Å². The van der Waals surface area contributed by atoms with Crippen LogP contribution in [-0.4, -0.2) is 9.97 Å². The Labute approximate surface area is 111 Å².